The van der Waals surface area contributed by atoms with Gasteiger partial charge in [-0.3, -0.25) is 0 Å². The molecule has 0 saturated heterocycles. The highest BCUT2D eigenvalue weighted by Gasteiger charge is 1.95. The Balaban J connectivity index is 0. The molecule has 9 heavy (non-hydrogen) atoms. The molecule has 0 bridgehead atoms. The molecule has 0 aliphatic carbocycles. The van der Waals surface area contributed by atoms with Crippen molar-refractivity contribution >= 4 is 8.58 Å². The van der Waals surface area contributed by atoms with Gasteiger partial charge in [0.1, 0.15) is 0 Å². The standard InChI is InChI=1S/C6H15P.C2H6/c1-5(2)7-6(3)4;1-2/h5-7H,1-4H3;1-2H3. The van der Waals surface area contributed by atoms with Gasteiger partial charge in [-0.2, -0.15) is 0 Å². The van der Waals surface area contributed by atoms with Crippen LogP contribution in [0, 0.1) is 0 Å². The summed E-state index contributed by atoms with van der Waals surface area (Å²) < 4.78 is 0. The summed E-state index contributed by atoms with van der Waals surface area (Å²) in [6.45, 7) is 13.1. The normalized spacial score (nSPS) is 9.33. The van der Waals surface area contributed by atoms with Crippen molar-refractivity contribution < 1.29 is 0 Å². The maximum atomic E-state index is 2.28. The molecule has 0 aliphatic rings. The first-order chi connectivity index (χ1) is 4.13. The van der Waals surface area contributed by atoms with Crippen LogP contribution in [0.15, 0.2) is 0 Å². The number of rotatable bonds is 2. The van der Waals surface area contributed by atoms with Gasteiger partial charge < -0.3 is 0 Å². The van der Waals surface area contributed by atoms with Crippen LogP contribution in [-0.2, 0) is 0 Å². The molecule has 0 atom stereocenters. The van der Waals surface area contributed by atoms with E-state index in [0.29, 0.717) is 0 Å². The third-order valence-corrected chi connectivity index (χ3v) is 2.00. The van der Waals surface area contributed by atoms with E-state index in [9.17, 15) is 0 Å². The minimum absolute atomic E-state index is 0.903. The van der Waals surface area contributed by atoms with Crippen molar-refractivity contribution in [3.8, 4) is 0 Å². The van der Waals surface area contributed by atoms with E-state index in [-0.39, 0.29) is 0 Å². The summed E-state index contributed by atoms with van der Waals surface area (Å²) in [5, 5.41) is 0. The fourth-order valence-electron chi connectivity index (χ4n) is 0.667. The SMILES string of the molecule is CC.CC(C)PC(C)C. The molecule has 0 radical (unpaired) electrons. The zero-order valence-electron chi connectivity index (χ0n) is 7.65. The van der Waals surface area contributed by atoms with Gasteiger partial charge in [-0.25, -0.2) is 0 Å². The van der Waals surface area contributed by atoms with Gasteiger partial charge in [0.15, 0.2) is 0 Å². The van der Waals surface area contributed by atoms with Gasteiger partial charge in [0.05, 0.1) is 0 Å². The fraction of sp³-hybridized carbons (Fsp3) is 1.00. The molecule has 1 heteroatoms. The number of hydrogen-bond donors (Lipinski definition) is 0. The molecule has 0 rings (SSSR count). The van der Waals surface area contributed by atoms with Crippen LogP contribution in [0.2, 0.25) is 0 Å². The van der Waals surface area contributed by atoms with Gasteiger partial charge in [-0.15, -0.1) is 8.58 Å². The van der Waals surface area contributed by atoms with E-state index in [1.807, 2.05) is 13.8 Å². The molecule has 0 fully saturated rings. The minimum atomic E-state index is 0.903. The van der Waals surface area contributed by atoms with Crippen molar-refractivity contribution in [1.82, 2.24) is 0 Å². The Labute approximate surface area is 62.2 Å². The summed E-state index contributed by atoms with van der Waals surface area (Å²) >= 11 is 0. The van der Waals surface area contributed by atoms with Crippen LogP contribution < -0.4 is 0 Å². The van der Waals surface area contributed by atoms with Crippen LogP contribution in [0.1, 0.15) is 41.5 Å². The van der Waals surface area contributed by atoms with Gasteiger partial charge >= 0.3 is 0 Å². The van der Waals surface area contributed by atoms with Gasteiger partial charge in [0.25, 0.3) is 0 Å². The predicted octanol–water partition coefficient (Wildman–Crippen LogP) is 3.51. The monoisotopic (exact) mass is 148 g/mol. The van der Waals surface area contributed by atoms with Crippen LogP contribution in [0.4, 0.5) is 0 Å². The second-order valence-electron chi connectivity index (χ2n) is 2.48. The van der Waals surface area contributed by atoms with E-state index in [0.717, 1.165) is 19.9 Å². The first kappa shape index (κ1) is 12.1. The molecule has 0 amide bonds. The third-order valence-electron chi connectivity index (χ3n) is 0.667. The Bertz CT molecular complexity index is 33.8. The Morgan fingerprint density at radius 3 is 1.00 bits per heavy atom. The van der Waals surface area contributed by atoms with Crippen LogP contribution in [0.3, 0.4) is 0 Å². The zero-order valence-corrected chi connectivity index (χ0v) is 8.65. The van der Waals surface area contributed by atoms with Gasteiger partial charge in [0.2, 0.25) is 0 Å². The first-order valence-electron chi connectivity index (χ1n) is 3.89. The average Bonchev–Trinajstić information content (AvgIpc) is 1.68. The molecule has 0 heterocycles. The molecule has 0 unspecified atom stereocenters. The summed E-state index contributed by atoms with van der Waals surface area (Å²) in [7, 11) is 1.15. The Kier molecular flexibility index (Phi) is 11.4. The van der Waals surface area contributed by atoms with E-state index >= 15 is 0 Å². The quantitative estimate of drug-likeness (QED) is 0.526. The Hall–Kier alpha value is 0.430. The van der Waals surface area contributed by atoms with Crippen molar-refractivity contribution in [2.75, 3.05) is 0 Å². The van der Waals surface area contributed by atoms with Crippen LogP contribution in [0.5, 0.6) is 0 Å². The zero-order chi connectivity index (χ0) is 7.86. The van der Waals surface area contributed by atoms with Crippen LogP contribution in [-0.4, -0.2) is 11.3 Å². The highest BCUT2D eigenvalue weighted by molar-refractivity contribution is 7.39. The summed E-state index contributed by atoms with van der Waals surface area (Å²) in [5.74, 6) is 0. The Morgan fingerprint density at radius 1 is 0.778 bits per heavy atom. The highest BCUT2D eigenvalue weighted by Crippen LogP contribution is 2.23. The largest absolute Gasteiger partial charge is 0.117 e. The molecule has 0 aromatic heterocycles. The van der Waals surface area contributed by atoms with E-state index < -0.39 is 0 Å². The molecular weight excluding hydrogens is 127 g/mol. The highest BCUT2D eigenvalue weighted by atomic mass is 31.1. The lowest BCUT2D eigenvalue weighted by Crippen LogP contribution is -1.90. The molecular formula is C8H21P. The summed E-state index contributed by atoms with van der Waals surface area (Å²) in [4.78, 5) is 0. The molecule has 0 nitrogen and oxygen atoms in total. The first-order valence-corrected chi connectivity index (χ1v) is 5.04. The average molecular weight is 148 g/mol. The second-order valence-corrected chi connectivity index (χ2v) is 5.12. The van der Waals surface area contributed by atoms with Crippen molar-refractivity contribution in [1.29, 1.82) is 0 Å². The summed E-state index contributed by atoms with van der Waals surface area (Å²) in [6.07, 6.45) is 0. The van der Waals surface area contributed by atoms with Gasteiger partial charge in [-0.1, -0.05) is 41.5 Å². The van der Waals surface area contributed by atoms with Gasteiger partial charge in [0, 0.05) is 0 Å². The van der Waals surface area contributed by atoms with Gasteiger partial charge in [-0.05, 0) is 11.3 Å². The molecule has 0 aromatic rings. The van der Waals surface area contributed by atoms with Crippen molar-refractivity contribution in [2.24, 2.45) is 0 Å². The molecule has 58 valence electrons. The fourth-order valence-corrected chi connectivity index (χ4v) is 2.00. The third kappa shape index (κ3) is 17.8. The lowest BCUT2D eigenvalue weighted by molar-refractivity contribution is 1.03. The van der Waals surface area contributed by atoms with Crippen molar-refractivity contribution in [3.63, 3.8) is 0 Å². The van der Waals surface area contributed by atoms with Crippen LogP contribution in [0.25, 0.3) is 0 Å². The minimum Gasteiger partial charge on any atom is -0.117 e. The smallest absolute Gasteiger partial charge is 0.0291 e. The Morgan fingerprint density at radius 2 is 1.00 bits per heavy atom. The van der Waals surface area contributed by atoms with Crippen molar-refractivity contribution in [2.45, 2.75) is 52.9 Å². The predicted molar refractivity (Wildman–Crippen MR) is 49.9 cm³/mol. The van der Waals surface area contributed by atoms with Crippen LogP contribution >= 0.6 is 8.58 Å². The molecule has 0 spiro atoms. The summed E-state index contributed by atoms with van der Waals surface area (Å²) in [6, 6.07) is 0. The maximum Gasteiger partial charge on any atom is -0.0291 e. The van der Waals surface area contributed by atoms with E-state index in [4.69, 9.17) is 0 Å². The molecule has 0 saturated carbocycles. The number of hydrogen-bond acceptors (Lipinski definition) is 0. The summed E-state index contributed by atoms with van der Waals surface area (Å²) in [5.41, 5.74) is 1.81. The lowest BCUT2D eigenvalue weighted by Gasteiger charge is -2.06. The molecule has 0 N–H and O–H groups in total. The lowest BCUT2D eigenvalue weighted by atomic mass is 10.5. The second kappa shape index (κ2) is 8.43. The maximum absolute atomic E-state index is 2.28. The van der Waals surface area contributed by atoms with E-state index in [1.54, 1.807) is 0 Å². The van der Waals surface area contributed by atoms with E-state index in [1.165, 1.54) is 0 Å². The molecule has 0 aromatic carbocycles. The molecule has 0 aliphatic heterocycles. The van der Waals surface area contributed by atoms with E-state index in [2.05, 4.69) is 27.7 Å². The van der Waals surface area contributed by atoms with Crippen molar-refractivity contribution in [3.05, 3.63) is 0 Å². The topological polar surface area (TPSA) is 0 Å².